The third-order valence-electron chi connectivity index (χ3n) is 5.62. The molecule has 0 spiro atoms. The SMILES string of the molecule is Cc1c(S(=O)(=O)Nc2cccc(-c3nc(Nc4ccc(Cl)cc4)[nH]c(=O)c3C#N)c2)sc2ccc(Cl)cc12. The Morgan fingerprint density at radius 3 is 2.47 bits per heavy atom. The zero-order valence-corrected chi connectivity index (χ0v) is 22.7. The smallest absolute Gasteiger partial charge is 0.271 e. The molecule has 0 bridgehead atoms. The average molecular weight is 582 g/mol. The molecule has 0 aliphatic carbocycles. The first kappa shape index (κ1) is 25.8. The van der Waals surface area contributed by atoms with E-state index in [2.05, 4.69) is 20.0 Å². The fraction of sp³-hybridized carbons (Fsp3) is 0.0385. The summed E-state index contributed by atoms with van der Waals surface area (Å²) in [6.45, 7) is 1.73. The van der Waals surface area contributed by atoms with Crippen molar-refractivity contribution in [3.05, 3.63) is 98.3 Å². The molecule has 2 heterocycles. The first-order valence-electron chi connectivity index (χ1n) is 11.0. The zero-order chi connectivity index (χ0) is 27.0. The van der Waals surface area contributed by atoms with Gasteiger partial charge in [-0.1, -0.05) is 35.3 Å². The minimum atomic E-state index is -3.94. The number of sulfonamides is 1. The summed E-state index contributed by atoms with van der Waals surface area (Å²) >= 11 is 13.2. The maximum atomic E-state index is 13.3. The van der Waals surface area contributed by atoms with Crippen LogP contribution < -0.4 is 15.6 Å². The number of nitrogens with one attached hydrogen (secondary N) is 3. The van der Waals surface area contributed by atoms with Crippen LogP contribution >= 0.6 is 34.5 Å². The van der Waals surface area contributed by atoms with E-state index >= 15 is 0 Å². The number of fused-ring (bicyclic) bond motifs is 1. The van der Waals surface area contributed by atoms with Crippen molar-refractivity contribution in [2.75, 3.05) is 10.0 Å². The van der Waals surface area contributed by atoms with Crippen LogP contribution in [-0.4, -0.2) is 18.4 Å². The molecule has 0 atom stereocenters. The van der Waals surface area contributed by atoms with Gasteiger partial charge in [0.05, 0.1) is 5.69 Å². The van der Waals surface area contributed by atoms with E-state index in [4.69, 9.17) is 23.2 Å². The molecule has 0 unspecified atom stereocenters. The Balaban J connectivity index is 1.51. The summed E-state index contributed by atoms with van der Waals surface area (Å²) in [4.78, 5) is 19.6. The molecule has 190 valence electrons. The summed E-state index contributed by atoms with van der Waals surface area (Å²) in [7, 11) is -3.94. The summed E-state index contributed by atoms with van der Waals surface area (Å²) in [6.07, 6.45) is 0. The van der Waals surface area contributed by atoms with Crippen molar-refractivity contribution in [2.24, 2.45) is 0 Å². The number of rotatable bonds is 6. The number of hydrogen-bond donors (Lipinski definition) is 3. The van der Waals surface area contributed by atoms with E-state index in [0.717, 1.165) is 21.4 Å². The number of nitriles is 1. The van der Waals surface area contributed by atoms with E-state index in [0.29, 0.717) is 26.9 Å². The molecule has 8 nitrogen and oxygen atoms in total. The maximum Gasteiger partial charge on any atom is 0.271 e. The van der Waals surface area contributed by atoms with Crippen molar-refractivity contribution in [1.29, 1.82) is 5.26 Å². The Hall–Kier alpha value is -3.88. The lowest BCUT2D eigenvalue weighted by Gasteiger charge is -2.11. The highest BCUT2D eigenvalue weighted by molar-refractivity contribution is 7.94. The first-order chi connectivity index (χ1) is 18.1. The molecule has 0 fully saturated rings. The summed E-state index contributed by atoms with van der Waals surface area (Å²) in [5.41, 5.74) is 1.10. The number of thiophene rings is 1. The van der Waals surface area contributed by atoms with E-state index in [-0.39, 0.29) is 27.1 Å². The predicted molar refractivity (Wildman–Crippen MR) is 152 cm³/mol. The maximum absolute atomic E-state index is 13.3. The van der Waals surface area contributed by atoms with Crippen LogP contribution in [0, 0.1) is 18.3 Å². The molecule has 0 aliphatic rings. The van der Waals surface area contributed by atoms with Gasteiger partial charge in [-0.2, -0.15) is 5.26 Å². The number of aryl methyl sites for hydroxylation is 1. The second-order valence-electron chi connectivity index (χ2n) is 8.22. The van der Waals surface area contributed by atoms with Crippen LogP contribution in [0.4, 0.5) is 17.3 Å². The molecule has 0 amide bonds. The van der Waals surface area contributed by atoms with Crippen molar-refractivity contribution in [3.63, 3.8) is 0 Å². The van der Waals surface area contributed by atoms with E-state index in [9.17, 15) is 18.5 Å². The summed E-state index contributed by atoms with van der Waals surface area (Å²) in [5, 5.41) is 14.4. The van der Waals surface area contributed by atoms with Crippen molar-refractivity contribution < 1.29 is 8.42 Å². The van der Waals surface area contributed by atoms with Gasteiger partial charge in [0.2, 0.25) is 5.95 Å². The number of benzene rings is 3. The highest BCUT2D eigenvalue weighted by Gasteiger charge is 2.23. The molecule has 3 N–H and O–H groups in total. The topological polar surface area (TPSA) is 128 Å². The molecule has 0 saturated carbocycles. The van der Waals surface area contributed by atoms with Crippen LogP contribution in [0.5, 0.6) is 0 Å². The van der Waals surface area contributed by atoms with E-state index in [1.54, 1.807) is 67.6 Å². The molecule has 5 rings (SSSR count). The van der Waals surface area contributed by atoms with Gasteiger partial charge < -0.3 is 5.32 Å². The van der Waals surface area contributed by atoms with E-state index in [1.807, 2.05) is 6.07 Å². The highest BCUT2D eigenvalue weighted by Crippen LogP contribution is 2.36. The van der Waals surface area contributed by atoms with Crippen LogP contribution in [0.15, 0.2) is 75.7 Å². The quantitative estimate of drug-likeness (QED) is 0.205. The second kappa shape index (κ2) is 10.1. The number of H-pyrrole nitrogens is 1. The van der Waals surface area contributed by atoms with Gasteiger partial charge in [-0.3, -0.25) is 14.5 Å². The Morgan fingerprint density at radius 1 is 1.00 bits per heavy atom. The van der Waals surface area contributed by atoms with Crippen LogP contribution in [0.2, 0.25) is 10.0 Å². The Kier molecular flexibility index (Phi) is 6.86. The van der Waals surface area contributed by atoms with E-state index < -0.39 is 15.6 Å². The number of anilines is 3. The summed E-state index contributed by atoms with van der Waals surface area (Å²) in [6, 6.07) is 20.2. The zero-order valence-electron chi connectivity index (χ0n) is 19.5. The predicted octanol–water partition coefficient (Wildman–Crippen LogP) is 6.68. The van der Waals surface area contributed by atoms with Crippen molar-refractivity contribution in [2.45, 2.75) is 11.1 Å². The van der Waals surface area contributed by atoms with Crippen molar-refractivity contribution in [1.82, 2.24) is 9.97 Å². The number of hydrogen-bond acceptors (Lipinski definition) is 7. The second-order valence-corrected chi connectivity index (χ2v) is 12.0. The largest absolute Gasteiger partial charge is 0.326 e. The number of halogens is 2. The number of aromatic nitrogens is 2. The molecule has 0 radical (unpaired) electrons. The molecule has 12 heteroatoms. The molecule has 2 aromatic heterocycles. The van der Waals surface area contributed by atoms with E-state index in [1.165, 1.54) is 6.07 Å². The lowest BCUT2D eigenvalue weighted by molar-refractivity contribution is 0.603. The van der Waals surface area contributed by atoms with Gasteiger partial charge in [0.15, 0.2) is 0 Å². The monoisotopic (exact) mass is 581 g/mol. The number of aromatic amines is 1. The van der Waals surface area contributed by atoms with Gasteiger partial charge in [-0.05, 0) is 72.5 Å². The van der Waals surface area contributed by atoms with Gasteiger partial charge in [-0.25, -0.2) is 13.4 Å². The molecule has 3 aromatic carbocycles. The van der Waals surface area contributed by atoms with Gasteiger partial charge in [0.1, 0.15) is 15.8 Å². The van der Waals surface area contributed by atoms with Gasteiger partial charge in [0.25, 0.3) is 15.6 Å². The number of nitrogens with zero attached hydrogens (tertiary/aromatic N) is 2. The third-order valence-corrected chi connectivity index (χ3v) is 9.39. The minimum absolute atomic E-state index is 0.0986. The average Bonchev–Trinajstić information content (AvgIpc) is 3.21. The molecular weight excluding hydrogens is 565 g/mol. The van der Waals surface area contributed by atoms with Crippen molar-refractivity contribution >= 4 is 72.0 Å². The van der Waals surface area contributed by atoms with Crippen LogP contribution in [0.1, 0.15) is 11.1 Å². The molecule has 0 aliphatic heterocycles. The Bertz CT molecular complexity index is 1910. The Morgan fingerprint density at radius 2 is 1.74 bits per heavy atom. The van der Waals surface area contributed by atoms with Crippen LogP contribution in [0.25, 0.3) is 21.3 Å². The fourth-order valence-corrected chi connectivity index (χ4v) is 6.97. The van der Waals surface area contributed by atoms with Gasteiger partial charge >= 0.3 is 0 Å². The fourth-order valence-electron chi connectivity index (χ4n) is 3.87. The molecule has 5 aromatic rings. The molecular formula is C26H17Cl2N5O3S2. The summed E-state index contributed by atoms with van der Waals surface area (Å²) in [5.74, 6) is 0.108. The minimum Gasteiger partial charge on any atom is -0.326 e. The molecule has 0 saturated heterocycles. The highest BCUT2D eigenvalue weighted by atomic mass is 35.5. The first-order valence-corrected chi connectivity index (χ1v) is 14.1. The summed E-state index contributed by atoms with van der Waals surface area (Å²) < 4.78 is 30.2. The van der Waals surface area contributed by atoms with Gasteiger partial charge in [-0.15, -0.1) is 11.3 Å². The Labute approximate surface area is 231 Å². The van der Waals surface area contributed by atoms with Gasteiger partial charge in [0, 0.05) is 31.7 Å². The van der Waals surface area contributed by atoms with Crippen LogP contribution in [0.3, 0.4) is 0 Å². The van der Waals surface area contributed by atoms with Crippen LogP contribution in [-0.2, 0) is 10.0 Å². The molecule has 38 heavy (non-hydrogen) atoms. The lowest BCUT2D eigenvalue weighted by atomic mass is 10.1. The normalized spacial score (nSPS) is 11.3. The van der Waals surface area contributed by atoms with Crippen molar-refractivity contribution in [3.8, 4) is 17.3 Å². The lowest BCUT2D eigenvalue weighted by Crippen LogP contribution is -2.16. The third kappa shape index (κ3) is 5.10. The standard InChI is InChI=1S/C26H17Cl2N5O3S2/c1-14-20-12-17(28)7-10-22(20)37-25(14)38(35,36)33-19-4-2-3-15(11-19)23-21(13-29)24(34)32-26(31-23)30-18-8-5-16(27)6-9-18/h2-12,33H,1H3,(H2,30,31,32,34).